The number of hydrogen-bond acceptors (Lipinski definition) is 4. The van der Waals surface area contributed by atoms with Crippen LogP contribution in [0.5, 0.6) is 0 Å². The van der Waals surface area contributed by atoms with Crippen molar-refractivity contribution in [2.75, 3.05) is 18.0 Å². The molecule has 0 bridgehead atoms. The third-order valence-corrected chi connectivity index (χ3v) is 4.18. The standard InChI is InChI=1S/C13H19N3O2S/c1-11(2)14-8-5-9-16-10-15-19(17,18)13-7-4-3-6-12(13)16/h3-4,6-7,10-11,14H,5,8-9H2,1-2H3. The molecule has 1 aliphatic rings. The van der Waals surface area contributed by atoms with Gasteiger partial charge in [-0.3, -0.25) is 0 Å². The molecule has 0 spiro atoms. The first-order valence-electron chi connectivity index (χ1n) is 6.40. The Morgan fingerprint density at radius 1 is 1.32 bits per heavy atom. The van der Waals surface area contributed by atoms with E-state index in [9.17, 15) is 8.42 Å². The molecule has 104 valence electrons. The molecule has 0 fully saturated rings. The normalized spacial score (nSPS) is 16.7. The topological polar surface area (TPSA) is 61.8 Å². The minimum atomic E-state index is -3.51. The molecule has 6 heteroatoms. The molecule has 0 amide bonds. The predicted octanol–water partition coefficient (Wildman–Crippen LogP) is 1.61. The molecule has 1 N–H and O–H groups in total. The number of benzene rings is 1. The Hall–Kier alpha value is -1.40. The largest absolute Gasteiger partial charge is 0.330 e. The zero-order chi connectivity index (χ0) is 13.9. The van der Waals surface area contributed by atoms with Gasteiger partial charge in [0.15, 0.2) is 0 Å². The van der Waals surface area contributed by atoms with Crippen molar-refractivity contribution in [1.82, 2.24) is 5.32 Å². The highest BCUT2D eigenvalue weighted by Crippen LogP contribution is 2.28. The van der Waals surface area contributed by atoms with Crippen LogP contribution in [0.25, 0.3) is 0 Å². The number of anilines is 1. The van der Waals surface area contributed by atoms with Crippen LogP contribution < -0.4 is 10.2 Å². The number of fused-ring (bicyclic) bond motifs is 1. The first kappa shape index (κ1) is 14.0. The SMILES string of the molecule is CC(C)NCCCN1C=NS(=O)(=O)c2ccccc21. The van der Waals surface area contributed by atoms with Gasteiger partial charge in [-0.1, -0.05) is 26.0 Å². The van der Waals surface area contributed by atoms with Crippen LogP contribution in [0.4, 0.5) is 5.69 Å². The molecule has 0 unspecified atom stereocenters. The van der Waals surface area contributed by atoms with Gasteiger partial charge in [-0.25, -0.2) is 0 Å². The Labute approximate surface area is 114 Å². The average Bonchev–Trinajstić information content (AvgIpc) is 2.37. The van der Waals surface area contributed by atoms with Crippen molar-refractivity contribution in [2.24, 2.45) is 4.40 Å². The quantitative estimate of drug-likeness (QED) is 0.833. The average molecular weight is 281 g/mol. The molecule has 1 heterocycles. The van der Waals surface area contributed by atoms with Crippen LogP contribution in [0.3, 0.4) is 0 Å². The molecule has 0 radical (unpaired) electrons. The molecule has 0 saturated carbocycles. The van der Waals surface area contributed by atoms with E-state index >= 15 is 0 Å². The summed E-state index contributed by atoms with van der Waals surface area (Å²) in [6.07, 6.45) is 2.34. The molecule has 1 aliphatic heterocycles. The van der Waals surface area contributed by atoms with Gasteiger partial charge in [0, 0.05) is 12.6 Å². The minimum Gasteiger partial charge on any atom is -0.330 e. The second-order valence-corrected chi connectivity index (χ2v) is 6.42. The Morgan fingerprint density at radius 2 is 2.05 bits per heavy atom. The van der Waals surface area contributed by atoms with Crippen LogP contribution in [0, 0.1) is 0 Å². The van der Waals surface area contributed by atoms with Crippen LogP contribution in [-0.2, 0) is 10.0 Å². The van der Waals surface area contributed by atoms with Gasteiger partial charge in [0.2, 0.25) is 0 Å². The predicted molar refractivity (Wildman–Crippen MR) is 77.2 cm³/mol. The summed E-state index contributed by atoms with van der Waals surface area (Å²) in [7, 11) is -3.51. The van der Waals surface area contributed by atoms with Gasteiger partial charge in [0.05, 0.1) is 5.69 Å². The lowest BCUT2D eigenvalue weighted by Gasteiger charge is -2.25. The van der Waals surface area contributed by atoms with Crippen LogP contribution in [0.2, 0.25) is 0 Å². The Bertz CT molecular complexity index is 567. The second-order valence-electron chi connectivity index (χ2n) is 4.82. The summed E-state index contributed by atoms with van der Waals surface area (Å²) in [5.74, 6) is 0. The van der Waals surface area contributed by atoms with Crippen LogP contribution in [-0.4, -0.2) is 33.9 Å². The number of hydrogen-bond donors (Lipinski definition) is 1. The fourth-order valence-electron chi connectivity index (χ4n) is 1.97. The zero-order valence-electron chi connectivity index (χ0n) is 11.2. The highest BCUT2D eigenvalue weighted by atomic mass is 32.2. The van der Waals surface area contributed by atoms with E-state index < -0.39 is 10.0 Å². The number of nitrogens with one attached hydrogen (secondary N) is 1. The van der Waals surface area contributed by atoms with E-state index in [4.69, 9.17) is 0 Å². The van der Waals surface area contributed by atoms with Crippen molar-refractivity contribution < 1.29 is 8.42 Å². The van der Waals surface area contributed by atoms with Gasteiger partial charge in [-0.2, -0.15) is 8.42 Å². The van der Waals surface area contributed by atoms with Crippen LogP contribution in [0.15, 0.2) is 33.6 Å². The molecule has 0 atom stereocenters. The van der Waals surface area contributed by atoms with E-state index in [2.05, 4.69) is 23.6 Å². The molecule has 0 saturated heterocycles. The third kappa shape index (κ3) is 3.33. The van der Waals surface area contributed by atoms with E-state index in [1.165, 1.54) is 6.34 Å². The van der Waals surface area contributed by atoms with Crippen molar-refractivity contribution in [3.63, 3.8) is 0 Å². The summed E-state index contributed by atoms with van der Waals surface area (Å²) in [6.45, 7) is 5.85. The van der Waals surface area contributed by atoms with Crippen molar-refractivity contribution in [3.8, 4) is 0 Å². The maximum atomic E-state index is 11.8. The molecule has 0 aromatic heterocycles. The first-order valence-corrected chi connectivity index (χ1v) is 7.84. The third-order valence-electron chi connectivity index (χ3n) is 2.91. The van der Waals surface area contributed by atoms with E-state index in [-0.39, 0.29) is 4.90 Å². The smallest absolute Gasteiger partial charge is 0.285 e. The zero-order valence-corrected chi connectivity index (χ0v) is 12.0. The monoisotopic (exact) mass is 281 g/mol. The highest BCUT2D eigenvalue weighted by Gasteiger charge is 2.24. The van der Waals surface area contributed by atoms with Crippen molar-refractivity contribution >= 4 is 22.0 Å². The van der Waals surface area contributed by atoms with Crippen LogP contribution in [0.1, 0.15) is 20.3 Å². The summed E-state index contributed by atoms with van der Waals surface area (Å²) in [4.78, 5) is 2.17. The summed E-state index contributed by atoms with van der Waals surface area (Å²) in [5, 5.41) is 3.34. The molecule has 1 aromatic rings. The van der Waals surface area contributed by atoms with Gasteiger partial charge in [-0.05, 0) is 25.1 Å². The number of sulfonamides is 1. The van der Waals surface area contributed by atoms with Crippen molar-refractivity contribution in [1.29, 1.82) is 0 Å². The van der Waals surface area contributed by atoms with E-state index in [1.54, 1.807) is 12.1 Å². The van der Waals surface area contributed by atoms with E-state index in [1.807, 2.05) is 17.0 Å². The lowest BCUT2D eigenvalue weighted by Crippen LogP contribution is -2.31. The summed E-state index contributed by atoms with van der Waals surface area (Å²) in [6, 6.07) is 7.43. The van der Waals surface area contributed by atoms with Gasteiger partial charge in [0.25, 0.3) is 10.0 Å². The fraction of sp³-hybridized carbons (Fsp3) is 0.462. The Morgan fingerprint density at radius 3 is 2.79 bits per heavy atom. The molecule has 19 heavy (non-hydrogen) atoms. The van der Waals surface area contributed by atoms with Crippen LogP contribution >= 0.6 is 0 Å². The van der Waals surface area contributed by atoms with Crippen molar-refractivity contribution in [2.45, 2.75) is 31.2 Å². The molecular formula is C13H19N3O2S. The molecular weight excluding hydrogens is 262 g/mol. The maximum absolute atomic E-state index is 11.8. The lowest BCUT2D eigenvalue weighted by atomic mass is 10.2. The van der Waals surface area contributed by atoms with E-state index in [0.29, 0.717) is 11.7 Å². The summed E-state index contributed by atoms with van der Waals surface area (Å²) < 4.78 is 27.3. The fourth-order valence-corrected chi connectivity index (χ4v) is 3.02. The van der Waals surface area contributed by atoms with E-state index in [0.717, 1.165) is 19.5 Å². The lowest BCUT2D eigenvalue weighted by molar-refractivity contribution is 0.573. The van der Waals surface area contributed by atoms with Crippen molar-refractivity contribution in [3.05, 3.63) is 24.3 Å². The molecule has 2 rings (SSSR count). The van der Waals surface area contributed by atoms with Gasteiger partial charge < -0.3 is 10.2 Å². The van der Waals surface area contributed by atoms with Gasteiger partial charge >= 0.3 is 0 Å². The number of para-hydroxylation sites is 1. The second kappa shape index (κ2) is 5.71. The summed E-state index contributed by atoms with van der Waals surface area (Å²) >= 11 is 0. The number of nitrogens with zero attached hydrogens (tertiary/aromatic N) is 2. The first-order chi connectivity index (χ1) is 9.00. The molecule has 1 aromatic carbocycles. The minimum absolute atomic E-state index is 0.286. The molecule has 0 aliphatic carbocycles. The van der Waals surface area contributed by atoms with Gasteiger partial charge in [-0.15, -0.1) is 4.40 Å². The van der Waals surface area contributed by atoms with Gasteiger partial charge in [0.1, 0.15) is 11.2 Å². The maximum Gasteiger partial charge on any atom is 0.285 e. The number of rotatable bonds is 5. The molecule has 5 nitrogen and oxygen atoms in total. The summed E-state index contributed by atoms with van der Waals surface area (Å²) in [5.41, 5.74) is 0.710. The Kier molecular flexibility index (Phi) is 4.21. The highest BCUT2D eigenvalue weighted by molar-refractivity contribution is 7.90. The Balaban J connectivity index is 2.08.